The van der Waals surface area contributed by atoms with E-state index in [9.17, 15) is 4.79 Å². The van der Waals surface area contributed by atoms with Crippen molar-refractivity contribution in [2.24, 2.45) is 5.92 Å². The Hall–Kier alpha value is -0.870. The predicted molar refractivity (Wildman–Crippen MR) is 59.4 cm³/mol. The van der Waals surface area contributed by atoms with Crippen LogP contribution in [-0.4, -0.2) is 36.8 Å². The van der Waals surface area contributed by atoms with Crippen molar-refractivity contribution >= 4 is 5.91 Å². The molecule has 4 nitrogen and oxygen atoms in total. The number of carbonyl (C=O) groups is 1. The van der Waals surface area contributed by atoms with Gasteiger partial charge in [0.2, 0.25) is 5.91 Å². The van der Waals surface area contributed by atoms with Crippen LogP contribution in [0.15, 0.2) is 11.1 Å². The number of hydrogen-bond acceptors (Lipinski definition) is 3. The first-order chi connectivity index (χ1) is 7.06. The topological polar surface area (TPSA) is 61.4 Å². The summed E-state index contributed by atoms with van der Waals surface area (Å²) in [5.41, 5.74) is 1.95. The number of rotatable bonds is 4. The summed E-state index contributed by atoms with van der Waals surface area (Å²) < 4.78 is 0. The Labute approximate surface area is 90.7 Å². The Morgan fingerprint density at radius 3 is 2.47 bits per heavy atom. The van der Waals surface area contributed by atoms with Crippen molar-refractivity contribution in [2.45, 2.75) is 26.8 Å². The van der Waals surface area contributed by atoms with Gasteiger partial charge in [0.15, 0.2) is 0 Å². The minimum Gasteiger partial charge on any atom is -0.394 e. The van der Waals surface area contributed by atoms with E-state index in [2.05, 4.69) is 10.6 Å². The van der Waals surface area contributed by atoms with Gasteiger partial charge in [-0.05, 0) is 18.4 Å². The van der Waals surface area contributed by atoms with Crippen LogP contribution in [-0.2, 0) is 4.79 Å². The van der Waals surface area contributed by atoms with E-state index >= 15 is 0 Å². The van der Waals surface area contributed by atoms with E-state index in [1.165, 1.54) is 0 Å². The largest absolute Gasteiger partial charge is 0.394 e. The summed E-state index contributed by atoms with van der Waals surface area (Å²) in [5, 5.41) is 15.0. The van der Waals surface area contributed by atoms with Crippen LogP contribution >= 0.6 is 0 Å². The molecule has 1 rings (SSSR count). The van der Waals surface area contributed by atoms with Gasteiger partial charge in [-0.25, -0.2) is 0 Å². The molecule has 0 spiro atoms. The number of aliphatic hydroxyl groups is 1. The van der Waals surface area contributed by atoms with Gasteiger partial charge in [-0.1, -0.05) is 13.8 Å². The fraction of sp³-hybridized carbons (Fsp3) is 0.727. The molecular weight excluding hydrogens is 192 g/mol. The molecule has 1 atom stereocenters. The summed E-state index contributed by atoms with van der Waals surface area (Å²) in [7, 11) is 0. The molecule has 1 heterocycles. The summed E-state index contributed by atoms with van der Waals surface area (Å²) in [5.74, 6) is 0.190. The van der Waals surface area contributed by atoms with Crippen LogP contribution in [0.4, 0.5) is 0 Å². The quantitative estimate of drug-likeness (QED) is 0.577. The van der Waals surface area contributed by atoms with Crippen LogP contribution in [0.25, 0.3) is 0 Å². The smallest absolute Gasteiger partial charge is 0.247 e. The van der Waals surface area contributed by atoms with E-state index in [0.717, 1.165) is 24.2 Å². The molecule has 1 fully saturated rings. The predicted octanol–water partition coefficient (Wildman–Crippen LogP) is 0.0392. The summed E-state index contributed by atoms with van der Waals surface area (Å²) in [6, 6.07) is -0.152. The van der Waals surface area contributed by atoms with Crippen LogP contribution in [0.3, 0.4) is 0 Å². The third-order valence-corrected chi connectivity index (χ3v) is 2.87. The van der Waals surface area contributed by atoms with E-state index in [0.29, 0.717) is 0 Å². The molecule has 15 heavy (non-hydrogen) atoms. The average Bonchev–Trinajstić information content (AvgIpc) is 2.10. The maximum absolute atomic E-state index is 11.7. The van der Waals surface area contributed by atoms with Crippen LogP contribution in [0, 0.1) is 5.92 Å². The van der Waals surface area contributed by atoms with Gasteiger partial charge in [0.1, 0.15) is 0 Å². The molecule has 86 valence electrons. The van der Waals surface area contributed by atoms with Gasteiger partial charge >= 0.3 is 0 Å². The van der Waals surface area contributed by atoms with Gasteiger partial charge in [0.25, 0.3) is 0 Å². The second-order valence-corrected chi connectivity index (χ2v) is 4.34. The highest BCUT2D eigenvalue weighted by Gasteiger charge is 2.19. The van der Waals surface area contributed by atoms with Gasteiger partial charge < -0.3 is 15.7 Å². The van der Waals surface area contributed by atoms with Gasteiger partial charge in [-0.15, -0.1) is 0 Å². The van der Waals surface area contributed by atoms with Gasteiger partial charge in [0, 0.05) is 18.7 Å². The molecule has 0 saturated carbocycles. The lowest BCUT2D eigenvalue weighted by atomic mass is 10.0. The first-order valence-corrected chi connectivity index (χ1v) is 5.37. The summed E-state index contributed by atoms with van der Waals surface area (Å²) in [6.07, 6.45) is 0. The highest BCUT2D eigenvalue weighted by molar-refractivity contribution is 5.94. The molecule has 1 aliphatic rings. The highest BCUT2D eigenvalue weighted by atomic mass is 16.3. The van der Waals surface area contributed by atoms with Crippen LogP contribution in [0.2, 0.25) is 0 Å². The lowest BCUT2D eigenvalue weighted by molar-refractivity contribution is -0.118. The summed E-state index contributed by atoms with van der Waals surface area (Å²) in [6.45, 7) is 7.41. The molecular formula is C11H20N2O2. The number of amides is 1. The van der Waals surface area contributed by atoms with Crippen molar-refractivity contribution in [2.75, 3.05) is 19.7 Å². The zero-order valence-corrected chi connectivity index (χ0v) is 9.63. The van der Waals surface area contributed by atoms with Crippen molar-refractivity contribution < 1.29 is 9.90 Å². The van der Waals surface area contributed by atoms with Crippen molar-refractivity contribution in [3.05, 3.63) is 11.1 Å². The highest BCUT2D eigenvalue weighted by Crippen LogP contribution is 2.10. The van der Waals surface area contributed by atoms with Crippen molar-refractivity contribution in [3.63, 3.8) is 0 Å². The molecule has 0 aromatic heterocycles. The van der Waals surface area contributed by atoms with Gasteiger partial charge in [-0.3, -0.25) is 4.79 Å². The Balaban J connectivity index is 2.54. The molecule has 4 heteroatoms. The standard InChI is InChI=1S/C11H20N2O2/c1-7(2)10(6-14)13-11(15)8(3)9-4-12-5-9/h7,10,12,14H,4-6H2,1-3H3,(H,13,15). The zero-order chi connectivity index (χ0) is 11.4. The molecule has 1 amide bonds. The van der Waals surface area contributed by atoms with E-state index < -0.39 is 0 Å². The maximum atomic E-state index is 11.7. The molecule has 3 N–H and O–H groups in total. The van der Waals surface area contributed by atoms with E-state index in [-0.39, 0.29) is 24.5 Å². The zero-order valence-electron chi connectivity index (χ0n) is 9.63. The number of hydrogen-bond donors (Lipinski definition) is 3. The van der Waals surface area contributed by atoms with Crippen molar-refractivity contribution in [3.8, 4) is 0 Å². The third kappa shape index (κ3) is 3.04. The molecule has 0 bridgehead atoms. The molecule has 0 aromatic rings. The van der Waals surface area contributed by atoms with Crippen LogP contribution in [0.1, 0.15) is 20.8 Å². The molecule has 0 radical (unpaired) electrons. The Morgan fingerprint density at radius 2 is 2.13 bits per heavy atom. The second-order valence-electron chi connectivity index (χ2n) is 4.34. The number of aliphatic hydroxyl groups excluding tert-OH is 1. The first-order valence-electron chi connectivity index (χ1n) is 5.37. The van der Waals surface area contributed by atoms with Gasteiger partial charge in [-0.2, -0.15) is 0 Å². The molecule has 1 aliphatic heterocycles. The van der Waals surface area contributed by atoms with Gasteiger partial charge in [0.05, 0.1) is 12.6 Å². The van der Waals surface area contributed by atoms with Crippen LogP contribution < -0.4 is 10.6 Å². The number of carbonyl (C=O) groups excluding carboxylic acids is 1. The minimum atomic E-state index is -0.152. The Kier molecular flexibility index (Phi) is 4.29. The lowest BCUT2D eigenvalue weighted by Gasteiger charge is -2.24. The minimum absolute atomic E-state index is 0.00965. The molecule has 0 aliphatic carbocycles. The first kappa shape index (κ1) is 12.2. The Bertz CT molecular complexity index is 266. The molecule has 0 aromatic carbocycles. The van der Waals surface area contributed by atoms with Crippen LogP contribution in [0.5, 0.6) is 0 Å². The normalized spacial score (nSPS) is 17.3. The second kappa shape index (κ2) is 5.28. The van der Waals surface area contributed by atoms with Crippen molar-refractivity contribution in [1.82, 2.24) is 10.6 Å². The fourth-order valence-corrected chi connectivity index (χ4v) is 1.38. The summed E-state index contributed by atoms with van der Waals surface area (Å²) >= 11 is 0. The average molecular weight is 212 g/mol. The van der Waals surface area contributed by atoms with E-state index in [4.69, 9.17) is 5.11 Å². The SMILES string of the molecule is CC(C(=O)NC(CO)C(C)C)=C1CNC1. The maximum Gasteiger partial charge on any atom is 0.247 e. The summed E-state index contributed by atoms with van der Waals surface area (Å²) in [4.78, 5) is 11.7. The van der Waals surface area contributed by atoms with E-state index in [1.807, 2.05) is 20.8 Å². The fourth-order valence-electron chi connectivity index (χ4n) is 1.38. The monoisotopic (exact) mass is 212 g/mol. The Morgan fingerprint density at radius 1 is 1.53 bits per heavy atom. The number of nitrogens with one attached hydrogen (secondary N) is 2. The molecule has 1 saturated heterocycles. The van der Waals surface area contributed by atoms with Crippen molar-refractivity contribution in [1.29, 1.82) is 0 Å². The third-order valence-electron chi connectivity index (χ3n) is 2.87. The lowest BCUT2D eigenvalue weighted by Crippen LogP contribution is -2.43. The molecule has 1 unspecified atom stereocenters. The van der Waals surface area contributed by atoms with E-state index in [1.54, 1.807) is 0 Å².